The molecule has 0 spiro atoms. The molecular weight excluding hydrogens is 600 g/mol. The van der Waals surface area contributed by atoms with E-state index in [9.17, 15) is 31.9 Å². The second-order valence-corrected chi connectivity index (χ2v) is 14.1. The molecule has 4 heterocycles. The van der Waals surface area contributed by atoms with Crippen molar-refractivity contribution in [2.75, 3.05) is 11.9 Å². The van der Waals surface area contributed by atoms with Crippen LogP contribution in [0.4, 0.5) is 19.3 Å². The van der Waals surface area contributed by atoms with Crippen LogP contribution in [0.25, 0.3) is 16.9 Å². The maximum Gasteiger partial charge on any atom is 0.407 e. The molecule has 4 aromatic rings. The van der Waals surface area contributed by atoms with Crippen LogP contribution in [0, 0.1) is 5.41 Å². The monoisotopic (exact) mass is 629 g/mol. The van der Waals surface area contributed by atoms with Crippen molar-refractivity contribution in [3.05, 3.63) is 54.6 Å². The Labute approximate surface area is 250 Å². The van der Waals surface area contributed by atoms with Crippen molar-refractivity contribution in [1.29, 1.82) is 0 Å². The van der Waals surface area contributed by atoms with E-state index in [0.29, 0.717) is 12.8 Å². The number of rotatable bonds is 8. The first-order valence-electron chi connectivity index (χ1n) is 13.8. The number of benzene rings is 1. The number of ether oxygens (including phenoxy) is 1. The fraction of sp³-hybridized carbons (Fsp3) is 0.393. The summed E-state index contributed by atoms with van der Waals surface area (Å²) < 4.78 is 60.9. The van der Waals surface area contributed by atoms with Gasteiger partial charge in [-0.15, -0.1) is 0 Å². The van der Waals surface area contributed by atoms with E-state index in [4.69, 9.17) is 4.74 Å². The van der Waals surface area contributed by atoms with Crippen molar-refractivity contribution in [1.82, 2.24) is 29.3 Å². The van der Waals surface area contributed by atoms with E-state index in [-0.39, 0.29) is 45.3 Å². The second kappa shape index (κ2) is 10.5. The number of amides is 2. The smallest absolute Gasteiger partial charge is 0.407 e. The molecule has 2 unspecified atom stereocenters. The zero-order valence-electron chi connectivity index (χ0n) is 23.9. The van der Waals surface area contributed by atoms with E-state index >= 15 is 0 Å². The van der Waals surface area contributed by atoms with Gasteiger partial charge < -0.3 is 20.1 Å². The van der Waals surface area contributed by atoms with Gasteiger partial charge in [-0.05, 0) is 42.5 Å². The topological polar surface area (TPSA) is 161 Å². The third-order valence-electron chi connectivity index (χ3n) is 7.77. The Morgan fingerprint density at radius 2 is 1.95 bits per heavy atom. The van der Waals surface area contributed by atoms with Crippen LogP contribution >= 0.6 is 0 Å². The molecule has 16 heteroatoms. The summed E-state index contributed by atoms with van der Waals surface area (Å²) in [6.45, 7) is 2.50. The lowest BCUT2D eigenvalue weighted by Crippen LogP contribution is -2.63. The molecule has 2 N–H and O–H groups in total. The van der Waals surface area contributed by atoms with E-state index in [1.54, 1.807) is 12.3 Å². The van der Waals surface area contributed by atoms with Gasteiger partial charge in [-0.3, -0.25) is 9.48 Å². The first-order chi connectivity index (χ1) is 20.8. The number of sulfone groups is 1. The molecule has 0 radical (unpaired) electrons. The molecule has 2 atom stereocenters. The van der Waals surface area contributed by atoms with Crippen LogP contribution in [0.3, 0.4) is 0 Å². The van der Waals surface area contributed by atoms with Crippen molar-refractivity contribution in [3.8, 4) is 17.0 Å². The number of anilines is 1. The fourth-order valence-corrected chi connectivity index (χ4v) is 7.31. The van der Waals surface area contributed by atoms with Gasteiger partial charge in [0.2, 0.25) is 0 Å². The van der Waals surface area contributed by atoms with Crippen LogP contribution in [0.1, 0.15) is 50.0 Å². The molecule has 2 amide bonds. The van der Waals surface area contributed by atoms with Gasteiger partial charge in [-0.25, -0.2) is 22.7 Å². The zero-order chi connectivity index (χ0) is 31.6. The molecular formula is C28H29F2N7O6S. The lowest BCUT2D eigenvalue weighted by molar-refractivity contribution is -0.0495. The number of nitrogens with one attached hydrogen (secondary N) is 1. The average molecular weight is 630 g/mol. The van der Waals surface area contributed by atoms with Gasteiger partial charge in [-0.2, -0.15) is 19.0 Å². The van der Waals surface area contributed by atoms with Crippen molar-refractivity contribution in [2.45, 2.75) is 62.5 Å². The number of carbonyl (C=O) groups is 2. The second-order valence-electron chi connectivity index (χ2n) is 11.9. The Balaban J connectivity index is 1.48. The van der Waals surface area contributed by atoms with Gasteiger partial charge in [0.05, 0.1) is 34.1 Å². The largest absolute Gasteiger partial charge is 0.465 e. The summed E-state index contributed by atoms with van der Waals surface area (Å²) in [6, 6.07) is 4.22. The Morgan fingerprint density at radius 1 is 1.20 bits per heavy atom. The normalized spacial score (nSPS) is 18.8. The highest BCUT2D eigenvalue weighted by atomic mass is 32.2. The van der Waals surface area contributed by atoms with E-state index in [1.165, 1.54) is 44.8 Å². The summed E-state index contributed by atoms with van der Waals surface area (Å²) in [7, 11) is -3.74. The van der Waals surface area contributed by atoms with Crippen molar-refractivity contribution in [2.24, 2.45) is 5.41 Å². The number of hydrogen-bond acceptors (Lipinski definition) is 8. The minimum atomic E-state index is -3.74. The maximum atomic E-state index is 13.5. The van der Waals surface area contributed by atoms with Gasteiger partial charge in [0, 0.05) is 30.7 Å². The van der Waals surface area contributed by atoms with Crippen molar-refractivity contribution in [3.63, 3.8) is 0 Å². The first kappa shape index (κ1) is 29.5. The summed E-state index contributed by atoms with van der Waals surface area (Å²) in [5.41, 5.74) is -0.184. The van der Waals surface area contributed by atoms with Crippen molar-refractivity contribution < 1.29 is 36.6 Å². The number of carboxylic acid groups (broad SMARTS) is 1. The lowest BCUT2D eigenvalue weighted by Gasteiger charge is -2.52. The fourth-order valence-electron chi connectivity index (χ4n) is 5.62. The molecule has 0 bridgehead atoms. The number of carbonyl (C=O) groups excluding carboxylic acids is 1. The van der Waals surface area contributed by atoms with Crippen LogP contribution in [-0.2, 0) is 9.84 Å². The molecule has 6 rings (SSSR count). The maximum absolute atomic E-state index is 13.5. The van der Waals surface area contributed by atoms with E-state index in [0.717, 1.165) is 6.07 Å². The quantitative estimate of drug-likeness (QED) is 0.289. The Morgan fingerprint density at radius 3 is 2.61 bits per heavy atom. The average Bonchev–Trinajstić information content (AvgIpc) is 3.58. The van der Waals surface area contributed by atoms with Crippen LogP contribution in [0.15, 0.2) is 53.9 Å². The SMILES string of the molecule is CC(C)(C)C1C(n2cc(NC(=O)c3cnn4cccnc34)c(-c3cc(S(=O)(=O)C4CC4)ccc3OC(F)F)n2)CN1C(=O)O. The van der Waals surface area contributed by atoms with Gasteiger partial charge >= 0.3 is 12.7 Å². The molecule has 1 aromatic carbocycles. The summed E-state index contributed by atoms with van der Waals surface area (Å²) in [5, 5.41) is 20.7. The molecule has 2 aliphatic rings. The lowest BCUT2D eigenvalue weighted by atomic mass is 9.76. The molecule has 3 aromatic heterocycles. The number of hydrogen-bond donors (Lipinski definition) is 2. The van der Waals surface area contributed by atoms with Crippen LogP contribution in [-0.4, -0.2) is 79.3 Å². The predicted octanol–water partition coefficient (Wildman–Crippen LogP) is 4.33. The molecule has 44 heavy (non-hydrogen) atoms. The highest BCUT2D eigenvalue weighted by Gasteiger charge is 2.50. The Kier molecular flexibility index (Phi) is 7.06. The molecule has 232 valence electrons. The Bertz CT molecular complexity index is 1880. The Hall–Kier alpha value is -4.60. The predicted molar refractivity (Wildman–Crippen MR) is 152 cm³/mol. The zero-order valence-corrected chi connectivity index (χ0v) is 24.7. The highest BCUT2D eigenvalue weighted by molar-refractivity contribution is 7.92. The van der Waals surface area contributed by atoms with Crippen LogP contribution in [0.5, 0.6) is 5.75 Å². The molecule has 2 fully saturated rings. The number of aromatic nitrogens is 5. The van der Waals surface area contributed by atoms with E-state index < -0.39 is 51.2 Å². The number of nitrogens with zero attached hydrogens (tertiary/aromatic N) is 6. The van der Waals surface area contributed by atoms with Gasteiger partial charge in [-0.1, -0.05) is 20.8 Å². The molecule has 1 aliphatic heterocycles. The first-order valence-corrected chi connectivity index (χ1v) is 15.3. The van der Waals surface area contributed by atoms with Gasteiger partial charge in [0.25, 0.3) is 5.91 Å². The molecule has 1 saturated heterocycles. The van der Waals surface area contributed by atoms with E-state index in [1.807, 2.05) is 20.8 Å². The summed E-state index contributed by atoms with van der Waals surface area (Å²) in [5.74, 6) is -0.980. The number of halogens is 2. The van der Waals surface area contributed by atoms with Crippen LogP contribution in [0.2, 0.25) is 0 Å². The standard InChI is InChI=1S/C28H29F2N7O6S/c1-28(2,3)23-20(14-35(23)27(39)40)37-13-19(33-25(38)18-12-32-36-10-4-9-31-24(18)36)22(34-37)17-11-16(44(41,42)15-5-6-15)7-8-21(17)43-26(29)30/h4,7-13,15,20,23,26H,5-6,14H2,1-3H3,(H,33,38)(H,39,40). The summed E-state index contributed by atoms with van der Waals surface area (Å²) in [6.07, 6.45) is 5.78. The highest BCUT2D eigenvalue weighted by Crippen LogP contribution is 2.44. The molecule has 13 nitrogen and oxygen atoms in total. The summed E-state index contributed by atoms with van der Waals surface area (Å²) >= 11 is 0. The molecule has 1 aliphatic carbocycles. The third kappa shape index (κ3) is 5.22. The summed E-state index contributed by atoms with van der Waals surface area (Å²) in [4.78, 5) is 30.8. The minimum Gasteiger partial charge on any atom is -0.465 e. The number of alkyl halides is 2. The van der Waals surface area contributed by atoms with Gasteiger partial charge in [0.1, 0.15) is 17.0 Å². The van der Waals surface area contributed by atoms with E-state index in [2.05, 4.69) is 20.5 Å². The van der Waals surface area contributed by atoms with Crippen molar-refractivity contribution >= 4 is 33.2 Å². The molecule has 1 saturated carbocycles. The minimum absolute atomic E-state index is 0.0345. The number of fused-ring (bicyclic) bond motifs is 1. The third-order valence-corrected chi connectivity index (χ3v) is 10.0. The van der Waals surface area contributed by atoms with Gasteiger partial charge in [0.15, 0.2) is 15.5 Å². The van der Waals surface area contributed by atoms with Crippen LogP contribution < -0.4 is 10.1 Å². The number of likely N-dealkylation sites (tertiary alicyclic amines) is 1.